The van der Waals surface area contributed by atoms with Crippen molar-refractivity contribution in [1.82, 2.24) is 5.32 Å². The predicted octanol–water partition coefficient (Wildman–Crippen LogP) is 3.81. The molecule has 2 aromatic rings. The van der Waals surface area contributed by atoms with Gasteiger partial charge in [0.1, 0.15) is 11.2 Å². The van der Waals surface area contributed by atoms with E-state index in [2.05, 4.69) is 26.1 Å². The minimum absolute atomic E-state index is 0.0170. The van der Waals surface area contributed by atoms with Crippen molar-refractivity contribution in [2.75, 3.05) is 6.54 Å². The lowest BCUT2D eigenvalue weighted by Crippen LogP contribution is -2.46. The summed E-state index contributed by atoms with van der Waals surface area (Å²) in [6, 6.07) is 7.93. The van der Waals surface area contributed by atoms with Crippen molar-refractivity contribution in [3.63, 3.8) is 0 Å². The molecule has 2 rings (SSSR count). The van der Waals surface area contributed by atoms with Crippen molar-refractivity contribution >= 4 is 11.0 Å². The highest BCUT2D eigenvalue weighted by atomic mass is 16.3. The van der Waals surface area contributed by atoms with Crippen molar-refractivity contribution < 1.29 is 9.52 Å². The maximum absolute atomic E-state index is 11.2. The van der Waals surface area contributed by atoms with Crippen LogP contribution in [0.1, 0.15) is 45.6 Å². The molecular weight excluding hydrogens is 250 g/mol. The van der Waals surface area contributed by atoms with E-state index in [1.807, 2.05) is 24.3 Å². The second kappa shape index (κ2) is 6.42. The number of hydrogen-bond acceptors (Lipinski definition) is 3. The number of likely N-dealkylation sites (N-methyl/N-ethyl adjacent to an activating group) is 1. The minimum atomic E-state index is -0.836. The molecule has 0 fully saturated rings. The Morgan fingerprint density at radius 1 is 1.30 bits per heavy atom. The zero-order valence-electron chi connectivity index (χ0n) is 12.6. The molecule has 0 aliphatic carbocycles. The Morgan fingerprint density at radius 2 is 2.10 bits per heavy atom. The van der Waals surface area contributed by atoms with E-state index in [-0.39, 0.29) is 6.04 Å². The fourth-order valence-corrected chi connectivity index (χ4v) is 2.77. The summed E-state index contributed by atoms with van der Waals surface area (Å²) < 4.78 is 5.38. The minimum Gasteiger partial charge on any atom is -0.464 e. The fraction of sp³-hybridized carbons (Fsp3) is 0.529. The van der Waals surface area contributed by atoms with Gasteiger partial charge in [0.2, 0.25) is 0 Å². The zero-order chi connectivity index (χ0) is 14.6. The highest BCUT2D eigenvalue weighted by Crippen LogP contribution is 2.33. The van der Waals surface area contributed by atoms with Crippen molar-refractivity contribution in [2.24, 2.45) is 0 Å². The van der Waals surface area contributed by atoms with Crippen molar-refractivity contribution in [3.05, 3.63) is 36.1 Å². The van der Waals surface area contributed by atoms with E-state index in [0.29, 0.717) is 0 Å². The molecular formula is C17H25NO2. The SMILES string of the molecule is CCCCC(O)(c1ccc2occc2c1)C(C)NCC. The Morgan fingerprint density at radius 3 is 2.80 bits per heavy atom. The van der Waals surface area contributed by atoms with Crippen LogP contribution < -0.4 is 5.32 Å². The summed E-state index contributed by atoms with van der Waals surface area (Å²) in [5.41, 5.74) is 0.994. The third kappa shape index (κ3) is 2.89. The second-order valence-electron chi connectivity index (χ2n) is 5.48. The average molecular weight is 275 g/mol. The van der Waals surface area contributed by atoms with E-state index in [4.69, 9.17) is 4.42 Å². The van der Waals surface area contributed by atoms with E-state index in [0.717, 1.165) is 42.3 Å². The molecule has 3 heteroatoms. The molecule has 0 saturated heterocycles. The molecule has 0 aliphatic rings. The number of hydrogen-bond donors (Lipinski definition) is 2. The number of rotatable bonds is 7. The van der Waals surface area contributed by atoms with E-state index in [1.165, 1.54) is 0 Å². The smallest absolute Gasteiger partial charge is 0.133 e. The molecule has 110 valence electrons. The van der Waals surface area contributed by atoms with E-state index in [1.54, 1.807) is 6.26 Å². The molecule has 0 radical (unpaired) electrons. The summed E-state index contributed by atoms with van der Waals surface area (Å²) in [6.45, 7) is 7.12. The standard InChI is InChI=1S/C17H25NO2/c1-4-6-10-17(19,13(3)18-5-2)15-7-8-16-14(12-15)9-11-20-16/h7-9,11-13,18-19H,4-6,10H2,1-3H3. The third-order valence-corrected chi connectivity index (χ3v) is 4.09. The molecule has 0 aliphatic heterocycles. The van der Waals surface area contributed by atoms with Crippen molar-refractivity contribution in [3.8, 4) is 0 Å². The van der Waals surface area contributed by atoms with Crippen LogP contribution in [-0.4, -0.2) is 17.7 Å². The highest BCUT2D eigenvalue weighted by molar-refractivity contribution is 5.78. The molecule has 1 aromatic heterocycles. The lowest BCUT2D eigenvalue weighted by molar-refractivity contribution is -0.00714. The van der Waals surface area contributed by atoms with Crippen LogP contribution in [0.15, 0.2) is 34.9 Å². The summed E-state index contributed by atoms with van der Waals surface area (Å²) in [5.74, 6) is 0. The Bertz CT molecular complexity index is 549. The molecule has 2 N–H and O–H groups in total. The van der Waals surface area contributed by atoms with Crippen molar-refractivity contribution in [1.29, 1.82) is 0 Å². The lowest BCUT2D eigenvalue weighted by Gasteiger charge is -2.35. The Kier molecular flexibility index (Phi) is 4.84. The van der Waals surface area contributed by atoms with Gasteiger partial charge in [-0.3, -0.25) is 0 Å². The first-order valence-corrected chi connectivity index (χ1v) is 7.55. The molecule has 3 nitrogen and oxygen atoms in total. The van der Waals surface area contributed by atoms with Crippen LogP contribution in [0.2, 0.25) is 0 Å². The van der Waals surface area contributed by atoms with Gasteiger partial charge in [0.05, 0.1) is 6.26 Å². The van der Waals surface area contributed by atoms with E-state index < -0.39 is 5.60 Å². The second-order valence-corrected chi connectivity index (χ2v) is 5.48. The van der Waals surface area contributed by atoms with Crippen LogP contribution >= 0.6 is 0 Å². The van der Waals surface area contributed by atoms with E-state index in [9.17, 15) is 5.11 Å². The van der Waals surface area contributed by atoms with Gasteiger partial charge in [-0.1, -0.05) is 32.8 Å². The van der Waals surface area contributed by atoms with Crippen LogP contribution in [0.5, 0.6) is 0 Å². The van der Waals surface area contributed by atoms with Crippen LogP contribution in [0.4, 0.5) is 0 Å². The zero-order valence-corrected chi connectivity index (χ0v) is 12.6. The maximum Gasteiger partial charge on any atom is 0.133 e. The largest absolute Gasteiger partial charge is 0.464 e. The van der Waals surface area contributed by atoms with Crippen molar-refractivity contribution in [2.45, 2.75) is 51.7 Å². The average Bonchev–Trinajstić information content (AvgIpc) is 2.92. The number of aliphatic hydroxyl groups is 1. The van der Waals surface area contributed by atoms with Gasteiger partial charge in [0, 0.05) is 11.4 Å². The van der Waals surface area contributed by atoms with Gasteiger partial charge < -0.3 is 14.8 Å². The molecule has 1 heterocycles. The van der Waals surface area contributed by atoms with Crippen LogP contribution in [0.25, 0.3) is 11.0 Å². The molecule has 0 bridgehead atoms. The predicted molar refractivity (Wildman–Crippen MR) is 82.8 cm³/mol. The Balaban J connectivity index is 2.37. The molecule has 1 aromatic carbocycles. The van der Waals surface area contributed by atoms with Crippen LogP contribution in [0.3, 0.4) is 0 Å². The quantitative estimate of drug-likeness (QED) is 0.807. The molecule has 0 spiro atoms. The molecule has 0 saturated carbocycles. The summed E-state index contributed by atoms with van der Waals surface area (Å²) in [6.07, 6.45) is 4.54. The summed E-state index contributed by atoms with van der Waals surface area (Å²) in [5, 5.41) is 15.6. The Hall–Kier alpha value is -1.32. The van der Waals surface area contributed by atoms with Crippen LogP contribution in [-0.2, 0) is 5.60 Å². The molecule has 0 amide bonds. The molecule has 2 atom stereocenters. The maximum atomic E-state index is 11.2. The summed E-state index contributed by atoms with van der Waals surface area (Å²) in [4.78, 5) is 0. The molecule has 20 heavy (non-hydrogen) atoms. The van der Waals surface area contributed by atoms with Gasteiger partial charge in [0.15, 0.2) is 0 Å². The Labute approximate surface area is 121 Å². The third-order valence-electron chi connectivity index (χ3n) is 4.09. The number of nitrogens with one attached hydrogen (secondary N) is 1. The number of fused-ring (bicyclic) bond motifs is 1. The first-order valence-electron chi connectivity index (χ1n) is 7.55. The summed E-state index contributed by atoms with van der Waals surface area (Å²) >= 11 is 0. The monoisotopic (exact) mass is 275 g/mol. The molecule has 2 unspecified atom stereocenters. The first kappa shape index (κ1) is 15.1. The van der Waals surface area contributed by atoms with E-state index >= 15 is 0 Å². The highest BCUT2D eigenvalue weighted by Gasteiger charge is 2.34. The van der Waals surface area contributed by atoms with Crippen LogP contribution in [0, 0.1) is 0 Å². The van der Waals surface area contributed by atoms with Gasteiger partial charge in [-0.05, 0) is 43.7 Å². The number of furan rings is 1. The normalized spacial score (nSPS) is 16.2. The fourth-order valence-electron chi connectivity index (χ4n) is 2.77. The number of unbranched alkanes of at least 4 members (excludes halogenated alkanes) is 1. The summed E-state index contributed by atoms with van der Waals surface area (Å²) in [7, 11) is 0. The number of benzene rings is 1. The topological polar surface area (TPSA) is 45.4 Å². The lowest BCUT2D eigenvalue weighted by atomic mass is 9.82. The first-order chi connectivity index (χ1) is 9.61. The van der Waals surface area contributed by atoms with Gasteiger partial charge >= 0.3 is 0 Å². The van der Waals surface area contributed by atoms with Gasteiger partial charge in [-0.25, -0.2) is 0 Å². The van der Waals surface area contributed by atoms with Gasteiger partial charge in [-0.2, -0.15) is 0 Å². The van der Waals surface area contributed by atoms with Gasteiger partial charge in [0.25, 0.3) is 0 Å². The van der Waals surface area contributed by atoms with Gasteiger partial charge in [-0.15, -0.1) is 0 Å².